The minimum absolute atomic E-state index is 0.604. The Hall–Kier alpha value is -2.21. The summed E-state index contributed by atoms with van der Waals surface area (Å²) in [4.78, 5) is 10.9. The summed E-state index contributed by atoms with van der Waals surface area (Å²) in [5.41, 5.74) is 0. The molecular formula is C16H22ClN5O. The molecule has 0 saturated heterocycles. The Labute approximate surface area is 141 Å². The van der Waals surface area contributed by atoms with Crippen molar-refractivity contribution < 1.29 is 4.42 Å². The van der Waals surface area contributed by atoms with Gasteiger partial charge in [0, 0.05) is 33.6 Å². The Kier molecular flexibility index (Phi) is 6.29. The van der Waals surface area contributed by atoms with Crippen molar-refractivity contribution in [3.8, 4) is 0 Å². The summed E-state index contributed by atoms with van der Waals surface area (Å²) in [6, 6.07) is 3.83. The molecular weight excluding hydrogens is 314 g/mol. The Morgan fingerprint density at radius 3 is 3.04 bits per heavy atom. The van der Waals surface area contributed by atoms with Gasteiger partial charge in [-0.25, -0.2) is 4.98 Å². The van der Waals surface area contributed by atoms with Crippen molar-refractivity contribution in [2.45, 2.75) is 13.0 Å². The molecule has 2 rings (SSSR count). The fourth-order valence-corrected chi connectivity index (χ4v) is 2.21. The molecule has 0 unspecified atom stereocenters. The molecule has 2 aromatic rings. The molecule has 0 aliphatic rings. The zero-order valence-electron chi connectivity index (χ0n) is 13.5. The fourth-order valence-electron chi connectivity index (χ4n) is 2.06. The maximum absolute atomic E-state index is 6.03. The average Bonchev–Trinajstić information content (AvgIpc) is 3.16. The lowest BCUT2D eigenvalue weighted by Crippen LogP contribution is -2.39. The summed E-state index contributed by atoms with van der Waals surface area (Å²) >= 11 is 6.03. The molecule has 0 bridgehead atoms. The normalized spacial score (nSPS) is 11.5. The molecule has 7 heteroatoms. The van der Waals surface area contributed by atoms with Crippen LogP contribution in [0.5, 0.6) is 0 Å². The van der Waals surface area contributed by atoms with Crippen molar-refractivity contribution in [1.29, 1.82) is 0 Å². The van der Waals surface area contributed by atoms with Gasteiger partial charge in [-0.05, 0) is 12.1 Å². The van der Waals surface area contributed by atoms with E-state index in [9.17, 15) is 0 Å². The molecule has 2 heterocycles. The van der Waals surface area contributed by atoms with Gasteiger partial charge in [-0.1, -0.05) is 17.7 Å². The number of furan rings is 1. The van der Waals surface area contributed by atoms with Crippen LogP contribution < -0.4 is 5.32 Å². The van der Waals surface area contributed by atoms with E-state index in [1.807, 2.05) is 35.7 Å². The predicted molar refractivity (Wildman–Crippen MR) is 92.6 cm³/mol. The molecule has 23 heavy (non-hydrogen) atoms. The van der Waals surface area contributed by atoms with Crippen LogP contribution in [-0.4, -0.2) is 40.5 Å². The van der Waals surface area contributed by atoms with Gasteiger partial charge in [-0.3, -0.25) is 4.99 Å². The van der Waals surface area contributed by atoms with Crippen molar-refractivity contribution in [3.05, 3.63) is 54.0 Å². The van der Waals surface area contributed by atoms with Gasteiger partial charge < -0.3 is 19.2 Å². The van der Waals surface area contributed by atoms with E-state index in [4.69, 9.17) is 16.0 Å². The van der Waals surface area contributed by atoms with Gasteiger partial charge in [0.05, 0.1) is 19.0 Å². The van der Waals surface area contributed by atoms with Crippen LogP contribution in [0.1, 0.15) is 11.6 Å². The van der Waals surface area contributed by atoms with Crippen LogP contribution in [0.15, 0.2) is 46.7 Å². The zero-order chi connectivity index (χ0) is 16.7. The largest absolute Gasteiger partial charge is 0.469 e. The fraction of sp³-hybridized carbons (Fsp3) is 0.375. The number of aromatic nitrogens is 2. The van der Waals surface area contributed by atoms with Gasteiger partial charge in [-0.15, -0.1) is 6.58 Å². The highest BCUT2D eigenvalue weighted by Crippen LogP contribution is 2.10. The molecule has 0 radical (unpaired) electrons. The monoisotopic (exact) mass is 335 g/mol. The summed E-state index contributed by atoms with van der Waals surface area (Å²) in [5.74, 6) is 2.59. The van der Waals surface area contributed by atoms with Crippen LogP contribution in [0.25, 0.3) is 0 Å². The molecule has 124 valence electrons. The number of guanidine groups is 1. The van der Waals surface area contributed by atoms with Crippen molar-refractivity contribution in [2.24, 2.45) is 12.0 Å². The molecule has 0 aromatic carbocycles. The lowest BCUT2D eigenvalue weighted by atomic mass is 10.3. The third-order valence-electron chi connectivity index (χ3n) is 3.37. The highest BCUT2D eigenvalue weighted by Gasteiger charge is 2.11. The Morgan fingerprint density at radius 1 is 1.61 bits per heavy atom. The summed E-state index contributed by atoms with van der Waals surface area (Å²) in [5, 5.41) is 3.87. The second-order valence-electron chi connectivity index (χ2n) is 5.12. The van der Waals surface area contributed by atoms with Gasteiger partial charge in [-0.2, -0.15) is 0 Å². The number of nitrogens with zero attached hydrogens (tertiary/aromatic N) is 4. The van der Waals surface area contributed by atoms with Crippen LogP contribution in [0, 0.1) is 0 Å². The first kappa shape index (κ1) is 17.1. The van der Waals surface area contributed by atoms with Crippen molar-refractivity contribution in [3.63, 3.8) is 0 Å². The number of aliphatic imine (C=N–C) groups is 1. The maximum Gasteiger partial charge on any atom is 0.194 e. The van der Waals surface area contributed by atoms with E-state index in [0.29, 0.717) is 24.8 Å². The van der Waals surface area contributed by atoms with E-state index in [1.165, 1.54) is 0 Å². The highest BCUT2D eigenvalue weighted by atomic mass is 35.5. The van der Waals surface area contributed by atoms with Crippen molar-refractivity contribution >= 4 is 17.6 Å². The summed E-state index contributed by atoms with van der Waals surface area (Å²) in [6.45, 7) is 5.62. The number of nitrogens with one attached hydrogen (secondary N) is 1. The van der Waals surface area contributed by atoms with Crippen LogP contribution in [0.4, 0.5) is 0 Å². The number of rotatable bonds is 7. The van der Waals surface area contributed by atoms with Crippen molar-refractivity contribution in [2.75, 3.05) is 20.1 Å². The Morgan fingerprint density at radius 2 is 2.43 bits per heavy atom. The average molecular weight is 336 g/mol. The molecule has 0 saturated carbocycles. The smallest absolute Gasteiger partial charge is 0.194 e. The second kappa shape index (κ2) is 8.43. The summed E-state index contributed by atoms with van der Waals surface area (Å²) in [6.07, 6.45) is 5.88. The Bertz CT molecular complexity index is 647. The van der Waals surface area contributed by atoms with E-state index < -0.39 is 0 Å². The maximum atomic E-state index is 6.03. The van der Waals surface area contributed by atoms with Crippen LogP contribution >= 0.6 is 11.6 Å². The molecule has 0 aliphatic carbocycles. The zero-order valence-corrected chi connectivity index (χ0v) is 14.3. The molecule has 0 atom stereocenters. The topological polar surface area (TPSA) is 58.6 Å². The SMILES string of the molecule is C=CCNC(=NCCc1ccco1)N(C)Cc1ncc(Cl)n1C. The molecule has 0 spiro atoms. The van der Waals surface area contributed by atoms with E-state index in [1.54, 1.807) is 18.5 Å². The minimum atomic E-state index is 0.604. The molecule has 0 aliphatic heterocycles. The third-order valence-corrected chi connectivity index (χ3v) is 3.72. The first-order valence-corrected chi connectivity index (χ1v) is 7.78. The first-order chi connectivity index (χ1) is 11.1. The van der Waals surface area contributed by atoms with Gasteiger partial charge in [0.15, 0.2) is 5.96 Å². The summed E-state index contributed by atoms with van der Waals surface area (Å²) < 4.78 is 7.18. The van der Waals surface area contributed by atoms with Gasteiger partial charge in [0.1, 0.15) is 16.7 Å². The highest BCUT2D eigenvalue weighted by molar-refractivity contribution is 6.29. The number of hydrogen-bond donors (Lipinski definition) is 1. The molecule has 2 aromatic heterocycles. The number of hydrogen-bond acceptors (Lipinski definition) is 3. The molecule has 0 amide bonds. The van der Waals surface area contributed by atoms with Gasteiger partial charge in [0.25, 0.3) is 0 Å². The number of imidazole rings is 1. The third kappa shape index (κ3) is 4.89. The second-order valence-corrected chi connectivity index (χ2v) is 5.50. The van der Waals surface area contributed by atoms with E-state index in [2.05, 4.69) is 21.9 Å². The standard InChI is InChI=1S/C16H22ClN5O/c1-4-8-18-16(19-9-7-13-6-5-10-23-13)21(2)12-15-20-11-14(17)22(15)3/h4-6,10-11H,1,7-9,12H2,2-3H3,(H,18,19). The lowest BCUT2D eigenvalue weighted by Gasteiger charge is -2.21. The van der Waals surface area contributed by atoms with Crippen LogP contribution in [-0.2, 0) is 20.0 Å². The van der Waals surface area contributed by atoms with Gasteiger partial charge in [0.2, 0.25) is 0 Å². The quantitative estimate of drug-likeness (QED) is 0.480. The minimum Gasteiger partial charge on any atom is -0.469 e. The molecule has 6 nitrogen and oxygen atoms in total. The first-order valence-electron chi connectivity index (χ1n) is 7.40. The number of halogens is 1. The van der Waals surface area contributed by atoms with E-state index >= 15 is 0 Å². The lowest BCUT2D eigenvalue weighted by molar-refractivity contribution is 0.454. The predicted octanol–water partition coefficient (Wildman–Crippen LogP) is 2.47. The van der Waals surface area contributed by atoms with E-state index in [0.717, 1.165) is 24.0 Å². The molecule has 1 N–H and O–H groups in total. The van der Waals surface area contributed by atoms with Crippen LogP contribution in [0.2, 0.25) is 5.15 Å². The van der Waals surface area contributed by atoms with Gasteiger partial charge >= 0.3 is 0 Å². The summed E-state index contributed by atoms with van der Waals surface area (Å²) in [7, 11) is 3.85. The molecule has 0 fully saturated rings. The Balaban J connectivity index is 2.00. The van der Waals surface area contributed by atoms with Crippen LogP contribution in [0.3, 0.4) is 0 Å². The van der Waals surface area contributed by atoms with Crippen molar-refractivity contribution in [1.82, 2.24) is 19.8 Å². The van der Waals surface area contributed by atoms with E-state index in [-0.39, 0.29) is 0 Å².